The molecule has 1 aromatic rings. The molecule has 4 nitrogen and oxygen atoms in total. The van der Waals surface area contributed by atoms with E-state index in [9.17, 15) is 4.79 Å². The molecule has 2 aliphatic rings. The molecule has 0 saturated carbocycles. The average molecular weight is 315 g/mol. The van der Waals surface area contributed by atoms with Gasteiger partial charge in [-0.1, -0.05) is 30.3 Å². The van der Waals surface area contributed by atoms with Crippen LogP contribution < -0.4 is 5.32 Å². The topological polar surface area (TPSA) is 35.6 Å². The third kappa shape index (κ3) is 4.79. The van der Waals surface area contributed by atoms with Crippen LogP contribution in [0.1, 0.15) is 37.7 Å². The Morgan fingerprint density at radius 3 is 2.65 bits per heavy atom. The van der Waals surface area contributed by atoms with E-state index in [1.165, 1.54) is 31.5 Å². The quantitative estimate of drug-likeness (QED) is 0.784. The van der Waals surface area contributed by atoms with E-state index in [2.05, 4.69) is 39.4 Å². The van der Waals surface area contributed by atoms with Gasteiger partial charge in [0.1, 0.15) is 0 Å². The van der Waals surface area contributed by atoms with Gasteiger partial charge in [-0.05, 0) is 63.8 Å². The molecule has 0 bridgehead atoms. The lowest BCUT2D eigenvalue weighted by Gasteiger charge is -2.24. The number of hydrogen-bond donors (Lipinski definition) is 1. The summed E-state index contributed by atoms with van der Waals surface area (Å²) in [5.74, 6) is 0.222. The van der Waals surface area contributed by atoms with Gasteiger partial charge in [-0.15, -0.1) is 0 Å². The van der Waals surface area contributed by atoms with Gasteiger partial charge in [-0.25, -0.2) is 0 Å². The van der Waals surface area contributed by atoms with Crippen LogP contribution in [0.25, 0.3) is 0 Å². The number of carbonyl (C=O) groups excluding carboxylic acids is 1. The highest BCUT2D eigenvalue weighted by Gasteiger charge is 2.30. The Hall–Kier alpha value is -1.39. The van der Waals surface area contributed by atoms with E-state index in [0.29, 0.717) is 0 Å². The predicted octanol–water partition coefficient (Wildman–Crippen LogP) is 2.25. The van der Waals surface area contributed by atoms with Crippen LogP contribution in [-0.2, 0) is 11.3 Å². The molecule has 2 heterocycles. The summed E-state index contributed by atoms with van der Waals surface area (Å²) in [5.41, 5.74) is 1.29. The molecule has 126 valence electrons. The second-order valence-corrected chi connectivity index (χ2v) is 6.81. The van der Waals surface area contributed by atoms with Crippen molar-refractivity contribution in [1.29, 1.82) is 0 Å². The number of amides is 1. The normalized spacial score (nSPS) is 22.5. The Bertz CT molecular complexity index is 485. The molecule has 2 saturated heterocycles. The number of nitrogens with zero attached hydrogens (tertiary/aromatic N) is 2. The maximum absolute atomic E-state index is 12.5. The highest BCUT2D eigenvalue weighted by molar-refractivity contribution is 5.82. The SMILES string of the molecule is O=C(NCCCN1CCCC1)[C@H]1CCCN1Cc1ccccc1. The van der Waals surface area contributed by atoms with Crippen molar-refractivity contribution in [2.24, 2.45) is 0 Å². The van der Waals surface area contributed by atoms with E-state index in [1.54, 1.807) is 0 Å². The molecule has 2 fully saturated rings. The van der Waals surface area contributed by atoms with Gasteiger partial charge in [-0.2, -0.15) is 0 Å². The second kappa shape index (κ2) is 8.46. The number of benzene rings is 1. The minimum absolute atomic E-state index is 0.0574. The maximum atomic E-state index is 12.5. The van der Waals surface area contributed by atoms with Gasteiger partial charge in [0, 0.05) is 13.1 Å². The summed E-state index contributed by atoms with van der Waals surface area (Å²) in [7, 11) is 0. The lowest BCUT2D eigenvalue weighted by molar-refractivity contribution is -0.125. The molecule has 0 spiro atoms. The first-order valence-electron chi connectivity index (χ1n) is 9.11. The number of nitrogens with one attached hydrogen (secondary N) is 1. The van der Waals surface area contributed by atoms with Gasteiger partial charge < -0.3 is 10.2 Å². The number of likely N-dealkylation sites (tertiary alicyclic amines) is 2. The van der Waals surface area contributed by atoms with Crippen molar-refractivity contribution in [1.82, 2.24) is 15.1 Å². The molecule has 0 unspecified atom stereocenters. The van der Waals surface area contributed by atoms with Gasteiger partial charge in [0.05, 0.1) is 6.04 Å². The summed E-state index contributed by atoms with van der Waals surface area (Å²) in [4.78, 5) is 17.3. The largest absolute Gasteiger partial charge is 0.355 e. The van der Waals surface area contributed by atoms with E-state index in [4.69, 9.17) is 0 Å². The van der Waals surface area contributed by atoms with Crippen LogP contribution in [-0.4, -0.2) is 54.5 Å². The fourth-order valence-corrected chi connectivity index (χ4v) is 3.77. The Kier molecular flexibility index (Phi) is 6.06. The standard InChI is InChI=1S/C19H29N3O/c23-19(20-11-7-14-21-12-4-5-13-21)18-10-6-15-22(18)16-17-8-2-1-3-9-17/h1-3,8-9,18H,4-7,10-16H2,(H,20,23)/t18-/m1/s1. The average Bonchev–Trinajstić information content (AvgIpc) is 3.24. The van der Waals surface area contributed by atoms with Gasteiger partial charge >= 0.3 is 0 Å². The summed E-state index contributed by atoms with van der Waals surface area (Å²) >= 11 is 0. The van der Waals surface area contributed by atoms with E-state index >= 15 is 0 Å². The summed E-state index contributed by atoms with van der Waals surface area (Å²) in [6.45, 7) is 6.32. The summed E-state index contributed by atoms with van der Waals surface area (Å²) in [5, 5.41) is 3.16. The van der Waals surface area contributed by atoms with Crippen LogP contribution in [0.4, 0.5) is 0 Å². The molecule has 1 aromatic carbocycles. The molecule has 1 amide bonds. The highest BCUT2D eigenvalue weighted by Crippen LogP contribution is 2.20. The molecule has 3 rings (SSSR count). The van der Waals surface area contributed by atoms with Crippen molar-refractivity contribution in [3.05, 3.63) is 35.9 Å². The van der Waals surface area contributed by atoms with Crippen LogP contribution in [0.15, 0.2) is 30.3 Å². The van der Waals surface area contributed by atoms with E-state index < -0.39 is 0 Å². The molecule has 23 heavy (non-hydrogen) atoms. The molecule has 0 aromatic heterocycles. The Morgan fingerprint density at radius 1 is 1.09 bits per heavy atom. The Balaban J connectivity index is 1.40. The fourth-order valence-electron chi connectivity index (χ4n) is 3.77. The highest BCUT2D eigenvalue weighted by atomic mass is 16.2. The van der Waals surface area contributed by atoms with E-state index in [0.717, 1.165) is 45.4 Å². The maximum Gasteiger partial charge on any atom is 0.237 e. The van der Waals surface area contributed by atoms with Crippen LogP contribution in [0.3, 0.4) is 0 Å². The number of rotatable bonds is 7. The lowest BCUT2D eigenvalue weighted by atomic mass is 10.1. The van der Waals surface area contributed by atoms with Crippen molar-refractivity contribution >= 4 is 5.91 Å². The molecule has 4 heteroatoms. The molecule has 1 atom stereocenters. The van der Waals surface area contributed by atoms with Crippen LogP contribution in [0.2, 0.25) is 0 Å². The van der Waals surface area contributed by atoms with Gasteiger partial charge in [0.2, 0.25) is 5.91 Å². The van der Waals surface area contributed by atoms with Crippen molar-refractivity contribution in [2.75, 3.05) is 32.7 Å². The predicted molar refractivity (Wildman–Crippen MR) is 93.2 cm³/mol. The molecule has 0 aliphatic carbocycles. The van der Waals surface area contributed by atoms with Gasteiger partial charge in [-0.3, -0.25) is 9.69 Å². The molecule has 0 radical (unpaired) electrons. The van der Waals surface area contributed by atoms with Crippen molar-refractivity contribution in [3.8, 4) is 0 Å². The lowest BCUT2D eigenvalue weighted by Crippen LogP contribution is -2.43. The molecular formula is C19H29N3O. The number of hydrogen-bond acceptors (Lipinski definition) is 3. The zero-order valence-corrected chi connectivity index (χ0v) is 14.0. The third-order valence-electron chi connectivity index (χ3n) is 5.04. The minimum Gasteiger partial charge on any atom is -0.355 e. The Morgan fingerprint density at radius 2 is 1.87 bits per heavy atom. The second-order valence-electron chi connectivity index (χ2n) is 6.81. The first kappa shape index (κ1) is 16.5. The van der Waals surface area contributed by atoms with Gasteiger partial charge in [0.15, 0.2) is 0 Å². The molecule has 1 N–H and O–H groups in total. The zero-order valence-electron chi connectivity index (χ0n) is 14.0. The summed E-state index contributed by atoms with van der Waals surface area (Å²) < 4.78 is 0. The summed E-state index contributed by atoms with van der Waals surface area (Å²) in [6, 6.07) is 10.5. The third-order valence-corrected chi connectivity index (χ3v) is 5.04. The molecular weight excluding hydrogens is 286 g/mol. The van der Waals surface area contributed by atoms with E-state index in [1.807, 2.05) is 6.07 Å². The van der Waals surface area contributed by atoms with Crippen LogP contribution >= 0.6 is 0 Å². The zero-order chi connectivity index (χ0) is 15.9. The molecule has 2 aliphatic heterocycles. The van der Waals surface area contributed by atoms with Crippen molar-refractivity contribution < 1.29 is 4.79 Å². The first-order valence-corrected chi connectivity index (χ1v) is 9.11. The smallest absolute Gasteiger partial charge is 0.237 e. The van der Waals surface area contributed by atoms with Crippen molar-refractivity contribution in [2.45, 2.75) is 44.7 Å². The van der Waals surface area contributed by atoms with E-state index in [-0.39, 0.29) is 11.9 Å². The Labute approximate surface area is 139 Å². The first-order chi connectivity index (χ1) is 11.3. The fraction of sp³-hybridized carbons (Fsp3) is 0.632. The summed E-state index contributed by atoms with van der Waals surface area (Å²) in [6.07, 6.45) is 5.85. The van der Waals surface area contributed by atoms with Crippen molar-refractivity contribution in [3.63, 3.8) is 0 Å². The monoisotopic (exact) mass is 315 g/mol. The number of carbonyl (C=O) groups is 1. The van der Waals surface area contributed by atoms with Crippen LogP contribution in [0, 0.1) is 0 Å². The van der Waals surface area contributed by atoms with Gasteiger partial charge in [0.25, 0.3) is 0 Å². The minimum atomic E-state index is 0.0574. The van der Waals surface area contributed by atoms with Crippen LogP contribution in [0.5, 0.6) is 0 Å².